The molecule has 4 N–H and O–H groups in total. The van der Waals surface area contributed by atoms with Gasteiger partial charge in [-0.2, -0.15) is 0 Å². The fraction of sp³-hybridized carbons (Fsp3) is 0.600. The Kier molecular flexibility index (Phi) is 2.39. The smallest absolute Gasteiger partial charge is 0.119 e. The molecule has 74 valence electrons. The van der Waals surface area contributed by atoms with E-state index in [2.05, 4.69) is 0 Å². The molecule has 3 nitrogen and oxygen atoms in total. The molecule has 3 heteroatoms. The van der Waals surface area contributed by atoms with Crippen molar-refractivity contribution in [3.8, 4) is 0 Å². The van der Waals surface area contributed by atoms with E-state index < -0.39 is 6.10 Å². The van der Waals surface area contributed by atoms with Gasteiger partial charge in [0.2, 0.25) is 0 Å². The van der Waals surface area contributed by atoms with Gasteiger partial charge in [-0.15, -0.1) is 0 Å². The van der Waals surface area contributed by atoms with Crippen LogP contribution in [0.1, 0.15) is 27.2 Å². The van der Waals surface area contributed by atoms with Gasteiger partial charge in [-0.3, -0.25) is 0 Å². The van der Waals surface area contributed by atoms with Crippen LogP contribution < -0.4 is 5.73 Å². The highest BCUT2D eigenvalue weighted by Gasteiger charge is 2.30. The maximum Gasteiger partial charge on any atom is 0.119 e. The first-order valence-corrected chi connectivity index (χ1v) is 4.40. The van der Waals surface area contributed by atoms with Gasteiger partial charge in [-0.1, -0.05) is 20.8 Å². The topological polar surface area (TPSA) is 66.5 Å². The van der Waals surface area contributed by atoms with E-state index in [0.717, 1.165) is 0 Å². The lowest BCUT2D eigenvalue weighted by Gasteiger charge is -2.30. The summed E-state index contributed by atoms with van der Waals surface area (Å²) in [6.45, 7) is 5.87. The SMILES string of the molecule is CC(C)(C)C1=C(O)C=C(N)C[C@@H]1O. The van der Waals surface area contributed by atoms with E-state index >= 15 is 0 Å². The maximum absolute atomic E-state index is 9.71. The van der Waals surface area contributed by atoms with Crippen LogP contribution in [-0.4, -0.2) is 16.3 Å². The van der Waals surface area contributed by atoms with Crippen LogP contribution in [0, 0.1) is 5.41 Å². The molecule has 0 aromatic heterocycles. The second kappa shape index (κ2) is 3.07. The van der Waals surface area contributed by atoms with Gasteiger partial charge in [-0.05, 0) is 11.5 Å². The van der Waals surface area contributed by atoms with Gasteiger partial charge in [0.15, 0.2) is 0 Å². The third-order valence-electron chi connectivity index (χ3n) is 2.17. The monoisotopic (exact) mass is 183 g/mol. The molecule has 0 amide bonds. The van der Waals surface area contributed by atoms with Gasteiger partial charge >= 0.3 is 0 Å². The molecule has 0 radical (unpaired) electrons. The van der Waals surface area contributed by atoms with Gasteiger partial charge < -0.3 is 15.9 Å². The number of aliphatic hydroxyl groups excluding tert-OH is 2. The summed E-state index contributed by atoms with van der Waals surface area (Å²) in [5, 5.41) is 19.3. The molecule has 1 aliphatic carbocycles. The first kappa shape index (κ1) is 10.1. The van der Waals surface area contributed by atoms with Crippen molar-refractivity contribution in [1.82, 2.24) is 0 Å². The van der Waals surface area contributed by atoms with Crippen molar-refractivity contribution in [2.45, 2.75) is 33.3 Å². The molecule has 0 heterocycles. The normalized spacial score (nSPS) is 24.6. The highest BCUT2D eigenvalue weighted by atomic mass is 16.3. The summed E-state index contributed by atoms with van der Waals surface area (Å²) in [5.74, 6) is 0.115. The molecule has 0 aromatic rings. The summed E-state index contributed by atoms with van der Waals surface area (Å²) in [6, 6.07) is 0. The average molecular weight is 183 g/mol. The third-order valence-corrected chi connectivity index (χ3v) is 2.17. The van der Waals surface area contributed by atoms with E-state index in [0.29, 0.717) is 17.7 Å². The predicted octanol–water partition coefficient (Wildman–Crippen LogP) is 1.45. The molecule has 0 saturated heterocycles. The standard InChI is InChI=1S/C10H17NO2/c1-10(2,3)9-7(12)4-6(11)5-8(9)13/h4,8,12-13H,5,11H2,1-3H3/t8-/m0/s1. The first-order valence-electron chi connectivity index (χ1n) is 4.40. The molecular weight excluding hydrogens is 166 g/mol. The van der Waals surface area contributed by atoms with Gasteiger partial charge in [0.25, 0.3) is 0 Å². The number of hydrogen-bond acceptors (Lipinski definition) is 3. The van der Waals surface area contributed by atoms with Crippen LogP contribution in [0.4, 0.5) is 0 Å². The highest BCUT2D eigenvalue weighted by Crippen LogP contribution is 2.34. The second-order valence-electron chi connectivity index (χ2n) is 4.49. The Labute approximate surface area is 78.6 Å². The lowest BCUT2D eigenvalue weighted by atomic mass is 9.79. The third kappa shape index (κ3) is 2.04. The van der Waals surface area contributed by atoms with Crippen LogP contribution in [0.2, 0.25) is 0 Å². The van der Waals surface area contributed by atoms with E-state index in [1.165, 1.54) is 6.08 Å². The molecule has 0 aliphatic heterocycles. The zero-order valence-corrected chi connectivity index (χ0v) is 8.33. The molecule has 0 unspecified atom stereocenters. The van der Waals surface area contributed by atoms with Crippen LogP contribution in [0.5, 0.6) is 0 Å². The van der Waals surface area contributed by atoms with Gasteiger partial charge in [0, 0.05) is 17.7 Å². The van der Waals surface area contributed by atoms with Crippen LogP contribution in [0.3, 0.4) is 0 Å². The van der Waals surface area contributed by atoms with Crippen molar-refractivity contribution in [2.75, 3.05) is 0 Å². The average Bonchev–Trinajstić information content (AvgIpc) is 1.78. The van der Waals surface area contributed by atoms with Crippen LogP contribution in [0.25, 0.3) is 0 Å². The zero-order valence-electron chi connectivity index (χ0n) is 8.33. The Bertz CT molecular complexity index is 271. The fourth-order valence-electron chi connectivity index (χ4n) is 1.69. The molecule has 0 aromatic carbocycles. The minimum atomic E-state index is -0.648. The maximum atomic E-state index is 9.71. The summed E-state index contributed by atoms with van der Waals surface area (Å²) in [7, 11) is 0. The molecule has 1 atom stereocenters. The van der Waals surface area contributed by atoms with E-state index in [-0.39, 0.29) is 11.2 Å². The van der Waals surface area contributed by atoms with E-state index in [9.17, 15) is 10.2 Å². The largest absolute Gasteiger partial charge is 0.508 e. The van der Waals surface area contributed by atoms with Crippen molar-refractivity contribution in [1.29, 1.82) is 0 Å². The molecular formula is C10H17NO2. The van der Waals surface area contributed by atoms with Crippen molar-refractivity contribution in [2.24, 2.45) is 11.1 Å². The first-order chi connectivity index (χ1) is 5.82. The van der Waals surface area contributed by atoms with Crippen molar-refractivity contribution in [3.63, 3.8) is 0 Å². The molecule has 0 saturated carbocycles. The second-order valence-corrected chi connectivity index (χ2v) is 4.49. The van der Waals surface area contributed by atoms with E-state index in [4.69, 9.17) is 5.73 Å². The number of nitrogens with two attached hydrogens (primary N) is 1. The Balaban J connectivity index is 3.12. The molecule has 0 spiro atoms. The van der Waals surface area contributed by atoms with E-state index in [1.54, 1.807) is 0 Å². The Morgan fingerprint density at radius 3 is 2.38 bits per heavy atom. The number of rotatable bonds is 0. The Morgan fingerprint density at radius 2 is 2.00 bits per heavy atom. The molecule has 1 rings (SSSR count). The lowest BCUT2D eigenvalue weighted by Crippen LogP contribution is -2.28. The highest BCUT2D eigenvalue weighted by molar-refractivity contribution is 5.33. The van der Waals surface area contributed by atoms with Crippen LogP contribution in [-0.2, 0) is 0 Å². The molecule has 0 bridgehead atoms. The van der Waals surface area contributed by atoms with Gasteiger partial charge in [-0.25, -0.2) is 0 Å². The number of hydrogen-bond donors (Lipinski definition) is 3. The minimum Gasteiger partial charge on any atom is -0.508 e. The fourth-order valence-corrected chi connectivity index (χ4v) is 1.69. The van der Waals surface area contributed by atoms with Gasteiger partial charge in [0.1, 0.15) is 5.76 Å². The van der Waals surface area contributed by atoms with Crippen molar-refractivity contribution in [3.05, 3.63) is 23.1 Å². The quantitative estimate of drug-likeness (QED) is 0.532. The van der Waals surface area contributed by atoms with Crippen LogP contribution in [0.15, 0.2) is 23.1 Å². The molecule has 1 aliphatic rings. The Hall–Kier alpha value is -0.960. The summed E-state index contributed by atoms with van der Waals surface area (Å²) in [4.78, 5) is 0. The van der Waals surface area contributed by atoms with E-state index in [1.807, 2.05) is 20.8 Å². The van der Waals surface area contributed by atoms with Crippen molar-refractivity contribution >= 4 is 0 Å². The Morgan fingerprint density at radius 1 is 1.46 bits per heavy atom. The summed E-state index contributed by atoms with van der Waals surface area (Å²) >= 11 is 0. The molecule has 13 heavy (non-hydrogen) atoms. The number of allylic oxidation sites excluding steroid dienone is 1. The summed E-state index contributed by atoms with van der Waals surface area (Å²) in [5.41, 5.74) is 6.50. The molecule has 0 fully saturated rings. The summed E-state index contributed by atoms with van der Waals surface area (Å²) in [6.07, 6.45) is 1.29. The lowest BCUT2D eigenvalue weighted by molar-refractivity contribution is 0.171. The number of aliphatic hydroxyl groups is 2. The van der Waals surface area contributed by atoms with Crippen molar-refractivity contribution < 1.29 is 10.2 Å². The zero-order chi connectivity index (χ0) is 10.2. The van der Waals surface area contributed by atoms with Gasteiger partial charge in [0.05, 0.1) is 6.10 Å². The summed E-state index contributed by atoms with van der Waals surface area (Å²) < 4.78 is 0. The minimum absolute atomic E-state index is 0.115. The van der Waals surface area contributed by atoms with Crippen LogP contribution >= 0.6 is 0 Å². The predicted molar refractivity (Wildman–Crippen MR) is 52.0 cm³/mol.